The summed E-state index contributed by atoms with van der Waals surface area (Å²) in [6, 6.07) is 11.5. The topological polar surface area (TPSA) is 71.1 Å². The third-order valence-corrected chi connectivity index (χ3v) is 3.88. The fraction of sp³-hybridized carbons (Fsp3) is 0.211. The molecule has 3 rings (SSSR count). The molecule has 0 aliphatic heterocycles. The second-order valence-electron chi connectivity index (χ2n) is 6.07. The van der Waals surface area contributed by atoms with Gasteiger partial charge < -0.3 is 9.64 Å². The molecule has 146 valence electrons. The van der Waals surface area contributed by atoms with E-state index in [0.29, 0.717) is 12.2 Å². The number of halogens is 3. The highest BCUT2D eigenvalue weighted by Crippen LogP contribution is 2.31. The molecule has 2 heterocycles. The molecule has 1 amide bonds. The fourth-order valence-electron chi connectivity index (χ4n) is 2.47. The Balaban J connectivity index is 1.60. The highest BCUT2D eigenvalue weighted by Gasteiger charge is 2.30. The van der Waals surface area contributed by atoms with E-state index in [1.165, 1.54) is 23.1 Å². The summed E-state index contributed by atoms with van der Waals surface area (Å²) in [4.78, 5) is 18.1. The summed E-state index contributed by atoms with van der Waals surface area (Å²) in [7, 11) is 1.63. The first-order valence-electron chi connectivity index (χ1n) is 8.32. The van der Waals surface area contributed by atoms with E-state index in [9.17, 15) is 18.0 Å². The molecule has 0 saturated carbocycles. The molecular weight excluding hydrogens is 373 g/mol. The van der Waals surface area contributed by atoms with Crippen molar-refractivity contribution in [2.45, 2.75) is 19.3 Å². The van der Waals surface area contributed by atoms with Gasteiger partial charge in [-0.05, 0) is 36.4 Å². The molecule has 9 heteroatoms. The Hall–Kier alpha value is -3.36. The van der Waals surface area contributed by atoms with Crippen LogP contribution in [0, 0.1) is 0 Å². The van der Waals surface area contributed by atoms with Crippen molar-refractivity contribution in [2.24, 2.45) is 0 Å². The van der Waals surface area contributed by atoms with E-state index in [1.807, 2.05) is 12.1 Å². The Labute approximate surface area is 159 Å². The number of alkyl halides is 3. The van der Waals surface area contributed by atoms with E-state index in [2.05, 4.69) is 15.2 Å². The smallest absolute Gasteiger partial charge is 0.416 e. The Morgan fingerprint density at radius 3 is 2.71 bits per heavy atom. The van der Waals surface area contributed by atoms with Crippen LogP contribution in [-0.4, -0.2) is 33.0 Å². The standard InChI is InChI=1S/C19H17F3N4O2/c1-26(11-14-6-2-3-8-23-14)18(27)17-10-15(24-25-17)12-28-16-7-4-5-13(9-16)19(20,21)22/h2-10H,11-12H2,1H3,(H,24,25). The van der Waals surface area contributed by atoms with Crippen LogP contribution in [0.2, 0.25) is 0 Å². The van der Waals surface area contributed by atoms with Crippen molar-refractivity contribution in [3.8, 4) is 5.75 Å². The van der Waals surface area contributed by atoms with Gasteiger partial charge >= 0.3 is 6.18 Å². The number of hydrogen-bond donors (Lipinski definition) is 1. The molecule has 6 nitrogen and oxygen atoms in total. The zero-order chi connectivity index (χ0) is 20.1. The van der Waals surface area contributed by atoms with Crippen molar-refractivity contribution in [3.05, 3.63) is 77.4 Å². The first-order valence-corrected chi connectivity index (χ1v) is 8.32. The lowest BCUT2D eigenvalue weighted by molar-refractivity contribution is -0.137. The summed E-state index contributed by atoms with van der Waals surface area (Å²) in [5.41, 5.74) is 0.594. The van der Waals surface area contributed by atoms with Gasteiger partial charge in [0.1, 0.15) is 12.4 Å². The molecule has 0 saturated heterocycles. The lowest BCUT2D eigenvalue weighted by Gasteiger charge is -2.14. The molecule has 3 aromatic rings. The molecule has 0 unspecified atom stereocenters. The van der Waals surface area contributed by atoms with E-state index < -0.39 is 11.7 Å². The molecule has 0 aliphatic rings. The van der Waals surface area contributed by atoms with E-state index in [1.54, 1.807) is 19.3 Å². The van der Waals surface area contributed by atoms with Gasteiger partial charge in [0, 0.05) is 13.2 Å². The summed E-state index contributed by atoms with van der Waals surface area (Å²) in [6.45, 7) is 0.272. The predicted octanol–water partition coefficient (Wildman–Crippen LogP) is 3.67. The van der Waals surface area contributed by atoms with Crippen LogP contribution in [0.5, 0.6) is 5.75 Å². The fourth-order valence-corrected chi connectivity index (χ4v) is 2.47. The molecule has 0 atom stereocenters. The number of hydrogen-bond acceptors (Lipinski definition) is 4. The minimum atomic E-state index is -4.44. The predicted molar refractivity (Wildman–Crippen MR) is 94.4 cm³/mol. The first-order chi connectivity index (χ1) is 13.3. The molecule has 2 aromatic heterocycles. The number of ether oxygens (including phenoxy) is 1. The van der Waals surface area contributed by atoms with Gasteiger partial charge in [-0.2, -0.15) is 18.3 Å². The third-order valence-electron chi connectivity index (χ3n) is 3.88. The van der Waals surface area contributed by atoms with Crippen LogP contribution >= 0.6 is 0 Å². The Bertz CT molecular complexity index is 942. The molecular formula is C19H17F3N4O2. The number of carbonyl (C=O) groups is 1. The number of aromatic amines is 1. The molecule has 0 fully saturated rings. The minimum Gasteiger partial charge on any atom is -0.487 e. The van der Waals surface area contributed by atoms with Crippen molar-refractivity contribution < 1.29 is 22.7 Å². The van der Waals surface area contributed by atoms with Crippen LogP contribution in [0.15, 0.2) is 54.7 Å². The lowest BCUT2D eigenvalue weighted by Crippen LogP contribution is -2.26. The number of nitrogens with zero attached hydrogens (tertiary/aromatic N) is 3. The summed E-state index contributed by atoms with van der Waals surface area (Å²) >= 11 is 0. The molecule has 0 bridgehead atoms. The molecule has 28 heavy (non-hydrogen) atoms. The number of benzene rings is 1. The van der Waals surface area contributed by atoms with E-state index in [0.717, 1.165) is 17.8 Å². The van der Waals surface area contributed by atoms with Gasteiger partial charge in [-0.15, -0.1) is 0 Å². The second-order valence-corrected chi connectivity index (χ2v) is 6.07. The van der Waals surface area contributed by atoms with Crippen molar-refractivity contribution in [1.29, 1.82) is 0 Å². The van der Waals surface area contributed by atoms with Gasteiger partial charge in [-0.25, -0.2) is 0 Å². The summed E-state index contributed by atoms with van der Waals surface area (Å²) < 4.78 is 43.6. The van der Waals surface area contributed by atoms with Crippen molar-refractivity contribution >= 4 is 5.91 Å². The Morgan fingerprint density at radius 1 is 1.18 bits per heavy atom. The molecule has 1 aromatic carbocycles. The number of amides is 1. The van der Waals surface area contributed by atoms with Gasteiger partial charge in [0.05, 0.1) is 23.5 Å². The summed E-state index contributed by atoms with van der Waals surface area (Å²) in [5.74, 6) is -0.239. The van der Waals surface area contributed by atoms with Crippen LogP contribution in [0.3, 0.4) is 0 Å². The highest BCUT2D eigenvalue weighted by atomic mass is 19.4. The maximum absolute atomic E-state index is 12.7. The van der Waals surface area contributed by atoms with Gasteiger partial charge in [0.25, 0.3) is 5.91 Å². The second kappa shape index (κ2) is 8.12. The molecule has 0 aliphatic carbocycles. The normalized spacial score (nSPS) is 11.3. The van der Waals surface area contributed by atoms with Gasteiger partial charge in [0.2, 0.25) is 0 Å². The minimum absolute atomic E-state index is 0.0501. The average molecular weight is 390 g/mol. The van der Waals surface area contributed by atoms with Gasteiger partial charge in [-0.1, -0.05) is 12.1 Å². The van der Waals surface area contributed by atoms with E-state index in [-0.39, 0.29) is 24.0 Å². The monoisotopic (exact) mass is 390 g/mol. The first kappa shape index (κ1) is 19.4. The van der Waals surface area contributed by atoms with Crippen LogP contribution in [0.25, 0.3) is 0 Å². The largest absolute Gasteiger partial charge is 0.487 e. The van der Waals surface area contributed by atoms with Crippen molar-refractivity contribution in [2.75, 3.05) is 7.05 Å². The molecule has 0 spiro atoms. The Kier molecular flexibility index (Phi) is 5.62. The quantitative estimate of drug-likeness (QED) is 0.697. The van der Waals surface area contributed by atoms with Crippen molar-refractivity contribution in [1.82, 2.24) is 20.1 Å². The molecule has 0 radical (unpaired) electrons. The number of aromatic nitrogens is 3. The number of nitrogens with one attached hydrogen (secondary N) is 1. The van der Waals surface area contributed by atoms with Crippen LogP contribution in [0.1, 0.15) is 27.4 Å². The van der Waals surface area contributed by atoms with Gasteiger partial charge in [-0.3, -0.25) is 14.9 Å². The molecule has 1 N–H and O–H groups in total. The maximum atomic E-state index is 12.7. The zero-order valence-corrected chi connectivity index (χ0v) is 14.9. The van der Waals surface area contributed by atoms with E-state index in [4.69, 9.17) is 4.74 Å². The van der Waals surface area contributed by atoms with Crippen LogP contribution in [0.4, 0.5) is 13.2 Å². The summed E-state index contributed by atoms with van der Waals surface area (Å²) in [6.07, 6.45) is -2.80. The average Bonchev–Trinajstić information content (AvgIpc) is 3.15. The summed E-state index contributed by atoms with van der Waals surface area (Å²) in [5, 5.41) is 6.61. The highest BCUT2D eigenvalue weighted by molar-refractivity contribution is 5.92. The number of pyridine rings is 1. The zero-order valence-electron chi connectivity index (χ0n) is 14.9. The van der Waals surface area contributed by atoms with E-state index >= 15 is 0 Å². The number of H-pyrrole nitrogens is 1. The number of carbonyl (C=O) groups excluding carboxylic acids is 1. The Morgan fingerprint density at radius 2 is 2.00 bits per heavy atom. The lowest BCUT2D eigenvalue weighted by atomic mass is 10.2. The van der Waals surface area contributed by atoms with Crippen molar-refractivity contribution in [3.63, 3.8) is 0 Å². The maximum Gasteiger partial charge on any atom is 0.416 e. The van der Waals surface area contributed by atoms with Crippen LogP contribution < -0.4 is 4.74 Å². The SMILES string of the molecule is CN(Cc1ccccn1)C(=O)c1cc(COc2cccc(C(F)(F)F)c2)[nH]n1. The van der Waals surface area contributed by atoms with Crippen LogP contribution in [-0.2, 0) is 19.3 Å². The number of rotatable bonds is 6. The van der Waals surface area contributed by atoms with Gasteiger partial charge in [0.15, 0.2) is 5.69 Å². The third kappa shape index (κ3) is 4.87.